The van der Waals surface area contributed by atoms with Crippen LogP contribution in [0.1, 0.15) is 12.2 Å². The number of primary sulfonamides is 1. The lowest BCUT2D eigenvalue weighted by Gasteiger charge is -2.08. The molecule has 0 fully saturated rings. The summed E-state index contributed by atoms with van der Waals surface area (Å²) in [5.41, 5.74) is 1.14. The predicted octanol–water partition coefficient (Wildman–Crippen LogP) is 2.82. The van der Waals surface area contributed by atoms with Gasteiger partial charge in [0, 0.05) is 18.1 Å². The first-order chi connectivity index (χ1) is 13.7. The van der Waals surface area contributed by atoms with E-state index in [0.29, 0.717) is 16.9 Å². The van der Waals surface area contributed by atoms with Crippen LogP contribution in [-0.4, -0.2) is 31.8 Å². The minimum absolute atomic E-state index is 0.0202. The molecule has 3 N–H and O–H groups in total. The highest BCUT2D eigenvalue weighted by atomic mass is 32.2. The lowest BCUT2D eigenvalue weighted by Crippen LogP contribution is -2.11. The van der Waals surface area contributed by atoms with Crippen LogP contribution < -0.4 is 9.88 Å². The van der Waals surface area contributed by atoms with Gasteiger partial charge in [0.05, 0.1) is 24.0 Å². The molecule has 0 spiro atoms. The van der Waals surface area contributed by atoms with Crippen molar-refractivity contribution >= 4 is 16.0 Å². The number of aliphatic carboxylic acids is 1. The maximum Gasteiger partial charge on any atom is 0.303 e. The van der Waals surface area contributed by atoms with Gasteiger partial charge in [-0.2, -0.15) is 0 Å². The molecule has 3 aromatic rings. The number of rotatable bonds is 7. The van der Waals surface area contributed by atoms with Gasteiger partial charge in [-0.05, 0) is 29.8 Å². The number of nitrogens with zero attached hydrogens (tertiary/aromatic N) is 1. The van der Waals surface area contributed by atoms with Gasteiger partial charge in [0.1, 0.15) is 23.0 Å². The summed E-state index contributed by atoms with van der Waals surface area (Å²) in [7, 11) is -2.48. The molecule has 0 bridgehead atoms. The topological polar surface area (TPSA) is 133 Å². The Kier molecular flexibility index (Phi) is 5.66. The van der Waals surface area contributed by atoms with E-state index in [1.807, 2.05) is 0 Å². The number of carboxylic acid groups (broad SMARTS) is 1. The summed E-state index contributed by atoms with van der Waals surface area (Å²) in [6, 6.07) is 9.75. The van der Waals surface area contributed by atoms with Crippen molar-refractivity contribution in [3.63, 3.8) is 0 Å². The lowest BCUT2D eigenvalue weighted by atomic mass is 9.97. The number of ether oxygens (including phenoxy) is 1. The summed E-state index contributed by atoms with van der Waals surface area (Å²) in [5, 5.41) is 18.0. The molecule has 0 aliphatic carbocycles. The Labute approximate surface area is 165 Å². The largest absolute Gasteiger partial charge is 0.497 e. The summed E-state index contributed by atoms with van der Waals surface area (Å²) in [5.74, 6) is -1.08. The van der Waals surface area contributed by atoms with E-state index in [-0.39, 0.29) is 34.8 Å². The molecule has 8 nitrogen and oxygen atoms in total. The minimum atomic E-state index is -3.89. The molecule has 0 unspecified atom stereocenters. The van der Waals surface area contributed by atoms with Crippen LogP contribution in [0.5, 0.6) is 5.75 Å². The second-order valence-corrected chi connectivity index (χ2v) is 7.70. The average molecular weight is 420 g/mol. The van der Waals surface area contributed by atoms with E-state index in [2.05, 4.69) is 5.16 Å². The molecule has 0 saturated heterocycles. The first-order valence-corrected chi connectivity index (χ1v) is 9.93. The number of carboxylic acids is 1. The summed E-state index contributed by atoms with van der Waals surface area (Å²) >= 11 is 0. The molecule has 29 heavy (non-hydrogen) atoms. The average Bonchev–Trinajstić information content (AvgIpc) is 3.09. The Morgan fingerprint density at radius 1 is 1.24 bits per heavy atom. The smallest absolute Gasteiger partial charge is 0.303 e. The first-order valence-electron chi connectivity index (χ1n) is 8.38. The number of carbonyl (C=O) groups is 1. The van der Waals surface area contributed by atoms with Crippen molar-refractivity contribution in [1.82, 2.24) is 5.16 Å². The van der Waals surface area contributed by atoms with Crippen LogP contribution in [0.4, 0.5) is 4.39 Å². The van der Waals surface area contributed by atoms with Crippen LogP contribution in [0, 0.1) is 5.82 Å². The van der Waals surface area contributed by atoms with E-state index in [4.69, 9.17) is 19.5 Å². The molecule has 0 aliphatic rings. The molecule has 10 heteroatoms. The molecule has 152 valence electrons. The van der Waals surface area contributed by atoms with Crippen molar-refractivity contribution in [3.8, 4) is 28.1 Å². The van der Waals surface area contributed by atoms with Gasteiger partial charge in [0.15, 0.2) is 0 Å². The zero-order valence-corrected chi connectivity index (χ0v) is 16.1. The molecular weight excluding hydrogens is 403 g/mol. The van der Waals surface area contributed by atoms with E-state index < -0.39 is 21.8 Å². The number of methoxy groups -OCH3 is 1. The maximum absolute atomic E-state index is 14.6. The van der Waals surface area contributed by atoms with Crippen LogP contribution in [0.15, 0.2) is 51.9 Å². The highest BCUT2D eigenvalue weighted by molar-refractivity contribution is 7.89. The Morgan fingerprint density at radius 3 is 2.48 bits per heavy atom. The van der Waals surface area contributed by atoms with Crippen molar-refractivity contribution in [2.75, 3.05) is 7.11 Å². The third-order valence-electron chi connectivity index (χ3n) is 4.23. The summed E-state index contributed by atoms with van der Waals surface area (Å²) in [6.07, 6.45) is -0.200. The highest BCUT2D eigenvalue weighted by Crippen LogP contribution is 2.37. The Hall–Kier alpha value is -3.24. The second-order valence-electron chi connectivity index (χ2n) is 6.14. The standard InChI is InChI=1S/C19H17FN2O6S/c1-27-12-4-7-14(15(20)10-12)19-18(16(28-22-19)8-9-17(23)24)11-2-5-13(6-3-11)29(21,25)26/h2-7,10H,8-9H2,1H3,(H,23,24)(H2,21,25,26). The van der Waals surface area contributed by atoms with Gasteiger partial charge in [0.25, 0.3) is 0 Å². The normalized spacial score (nSPS) is 11.4. The van der Waals surface area contributed by atoms with Crippen LogP contribution >= 0.6 is 0 Å². The first kappa shape index (κ1) is 20.5. The molecule has 0 saturated carbocycles. The number of hydrogen-bond donors (Lipinski definition) is 2. The number of halogens is 1. The number of nitrogens with two attached hydrogens (primary N) is 1. The van der Waals surface area contributed by atoms with E-state index in [1.54, 1.807) is 6.07 Å². The van der Waals surface area contributed by atoms with Crippen LogP contribution in [0.2, 0.25) is 0 Å². The third-order valence-corrected chi connectivity index (χ3v) is 5.16. The van der Waals surface area contributed by atoms with E-state index >= 15 is 0 Å². The molecule has 1 heterocycles. The molecule has 3 rings (SSSR count). The fourth-order valence-electron chi connectivity index (χ4n) is 2.82. The monoisotopic (exact) mass is 420 g/mol. The number of sulfonamides is 1. The van der Waals surface area contributed by atoms with E-state index in [1.165, 1.54) is 43.5 Å². The molecule has 0 radical (unpaired) electrons. The van der Waals surface area contributed by atoms with Crippen molar-refractivity contribution < 1.29 is 32.0 Å². The molecule has 0 aliphatic heterocycles. The second kappa shape index (κ2) is 8.02. The lowest BCUT2D eigenvalue weighted by molar-refractivity contribution is -0.137. The van der Waals surface area contributed by atoms with Gasteiger partial charge in [-0.15, -0.1) is 0 Å². The molecular formula is C19H17FN2O6S. The Balaban J connectivity index is 2.14. The van der Waals surface area contributed by atoms with Gasteiger partial charge in [-0.1, -0.05) is 17.3 Å². The maximum atomic E-state index is 14.6. The van der Waals surface area contributed by atoms with Gasteiger partial charge >= 0.3 is 5.97 Å². The fraction of sp³-hybridized carbons (Fsp3) is 0.158. The fourth-order valence-corrected chi connectivity index (χ4v) is 3.34. The predicted molar refractivity (Wildman–Crippen MR) is 101 cm³/mol. The van der Waals surface area contributed by atoms with Crippen molar-refractivity contribution in [1.29, 1.82) is 0 Å². The SMILES string of the molecule is COc1ccc(-c2noc(CCC(=O)O)c2-c2ccc(S(N)(=O)=O)cc2)c(F)c1. The quantitative estimate of drug-likeness (QED) is 0.600. The molecule has 0 atom stereocenters. The van der Waals surface area contributed by atoms with Crippen molar-refractivity contribution in [3.05, 3.63) is 54.0 Å². The molecule has 0 amide bonds. The highest BCUT2D eigenvalue weighted by Gasteiger charge is 2.23. The summed E-state index contributed by atoms with van der Waals surface area (Å²) < 4.78 is 47.9. The minimum Gasteiger partial charge on any atom is -0.497 e. The zero-order valence-electron chi connectivity index (χ0n) is 15.3. The number of hydrogen-bond acceptors (Lipinski definition) is 6. The molecule has 2 aromatic carbocycles. The van der Waals surface area contributed by atoms with Crippen LogP contribution in [0.3, 0.4) is 0 Å². The van der Waals surface area contributed by atoms with Gasteiger partial charge in [0.2, 0.25) is 10.0 Å². The van der Waals surface area contributed by atoms with Crippen LogP contribution in [0.25, 0.3) is 22.4 Å². The molecule has 1 aromatic heterocycles. The van der Waals surface area contributed by atoms with E-state index in [0.717, 1.165) is 0 Å². The van der Waals surface area contributed by atoms with Gasteiger partial charge in [-0.3, -0.25) is 4.79 Å². The third kappa shape index (κ3) is 4.44. The van der Waals surface area contributed by atoms with Crippen molar-refractivity contribution in [2.45, 2.75) is 17.7 Å². The zero-order chi connectivity index (χ0) is 21.2. The number of benzene rings is 2. The number of aromatic nitrogens is 1. The summed E-state index contributed by atoms with van der Waals surface area (Å²) in [4.78, 5) is 10.9. The van der Waals surface area contributed by atoms with E-state index in [9.17, 15) is 17.6 Å². The van der Waals surface area contributed by atoms with Gasteiger partial charge < -0.3 is 14.4 Å². The summed E-state index contributed by atoms with van der Waals surface area (Å²) in [6.45, 7) is 0. The van der Waals surface area contributed by atoms with Gasteiger partial charge in [-0.25, -0.2) is 17.9 Å². The van der Waals surface area contributed by atoms with Crippen molar-refractivity contribution in [2.24, 2.45) is 5.14 Å². The Bertz CT molecular complexity index is 1160. The number of aryl methyl sites for hydroxylation is 1. The van der Waals surface area contributed by atoms with Crippen LogP contribution in [-0.2, 0) is 21.2 Å². The Morgan fingerprint density at radius 2 is 1.93 bits per heavy atom.